The summed E-state index contributed by atoms with van der Waals surface area (Å²) in [6.07, 6.45) is 0. The van der Waals surface area contributed by atoms with Gasteiger partial charge in [0.2, 0.25) is 0 Å². The lowest BCUT2D eigenvalue weighted by Gasteiger charge is -2.11. The van der Waals surface area contributed by atoms with Crippen LogP contribution in [0.25, 0.3) is 0 Å². The van der Waals surface area contributed by atoms with Crippen LogP contribution in [-0.2, 0) is 11.3 Å². The molecule has 110 valence electrons. The highest BCUT2D eigenvalue weighted by Gasteiger charge is 2.09. The monoisotopic (exact) mass is 325 g/mol. The molecule has 0 amide bonds. The first-order chi connectivity index (χ1) is 10.0. The van der Waals surface area contributed by atoms with Gasteiger partial charge in [0.15, 0.2) is 0 Å². The Morgan fingerprint density at radius 2 is 2.00 bits per heavy atom. The minimum Gasteiger partial charge on any atom is -0.508 e. The quantitative estimate of drug-likeness (QED) is 0.831. The Morgan fingerprint density at radius 1 is 1.24 bits per heavy atom. The maximum Gasteiger partial charge on any atom is 0.337 e. The highest BCUT2D eigenvalue weighted by molar-refractivity contribution is 6.33. The number of aromatic hydroxyl groups is 1. The normalized spacial score (nSPS) is 10.2. The number of halogens is 2. The zero-order valence-corrected chi connectivity index (χ0v) is 12.7. The molecular formula is C15H13Cl2NO3. The summed E-state index contributed by atoms with van der Waals surface area (Å²) in [5.74, 6) is -0.313. The number of nitrogens with one attached hydrogen (secondary N) is 1. The molecule has 0 heterocycles. The van der Waals surface area contributed by atoms with Gasteiger partial charge in [0.1, 0.15) is 5.75 Å². The number of rotatable bonds is 4. The van der Waals surface area contributed by atoms with Gasteiger partial charge in [-0.15, -0.1) is 0 Å². The van der Waals surface area contributed by atoms with Gasteiger partial charge < -0.3 is 15.2 Å². The average Bonchev–Trinajstić information content (AvgIpc) is 2.48. The molecule has 2 N–H and O–H groups in total. The summed E-state index contributed by atoms with van der Waals surface area (Å²) in [4.78, 5) is 11.5. The second-order valence-corrected chi connectivity index (χ2v) is 5.16. The molecule has 2 rings (SSSR count). The van der Waals surface area contributed by atoms with E-state index in [0.29, 0.717) is 33.4 Å². The molecule has 0 atom stereocenters. The van der Waals surface area contributed by atoms with E-state index in [-0.39, 0.29) is 5.75 Å². The number of carbonyl (C=O) groups excluding carboxylic acids is 1. The van der Waals surface area contributed by atoms with E-state index in [1.54, 1.807) is 30.3 Å². The van der Waals surface area contributed by atoms with Crippen molar-refractivity contribution in [3.63, 3.8) is 0 Å². The molecule has 2 aromatic carbocycles. The summed E-state index contributed by atoms with van der Waals surface area (Å²) in [5, 5.41) is 13.8. The van der Waals surface area contributed by atoms with E-state index in [4.69, 9.17) is 23.2 Å². The molecule has 0 aliphatic carbocycles. The van der Waals surface area contributed by atoms with Crippen molar-refractivity contribution in [3.8, 4) is 5.75 Å². The number of anilines is 1. The topological polar surface area (TPSA) is 58.6 Å². The summed E-state index contributed by atoms with van der Waals surface area (Å²) >= 11 is 12.0. The standard InChI is InChI=1S/C15H13Cl2NO3/c1-21-15(20)9-2-4-12(17)13(7-9)18-8-10-6-11(16)3-5-14(10)19/h2-7,18-19H,8H2,1H3. The van der Waals surface area contributed by atoms with Crippen molar-refractivity contribution in [2.45, 2.75) is 6.54 Å². The zero-order chi connectivity index (χ0) is 15.4. The van der Waals surface area contributed by atoms with Crippen molar-refractivity contribution in [3.05, 3.63) is 57.6 Å². The molecule has 2 aromatic rings. The fourth-order valence-electron chi connectivity index (χ4n) is 1.79. The Kier molecular flexibility index (Phi) is 4.94. The number of phenolic OH excluding ortho intramolecular Hbond substituents is 1. The fraction of sp³-hybridized carbons (Fsp3) is 0.133. The second kappa shape index (κ2) is 6.70. The largest absolute Gasteiger partial charge is 0.508 e. The number of carbonyl (C=O) groups is 1. The first kappa shape index (κ1) is 15.5. The Bertz CT molecular complexity index is 674. The van der Waals surface area contributed by atoms with E-state index in [1.807, 2.05) is 0 Å². The molecule has 0 aliphatic rings. The number of ether oxygens (including phenoxy) is 1. The van der Waals surface area contributed by atoms with Crippen LogP contribution in [0.4, 0.5) is 5.69 Å². The number of esters is 1. The van der Waals surface area contributed by atoms with E-state index in [2.05, 4.69) is 10.1 Å². The van der Waals surface area contributed by atoms with Gasteiger partial charge in [-0.3, -0.25) is 0 Å². The summed E-state index contributed by atoms with van der Waals surface area (Å²) in [5.41, 5.74) is 1.58. The highest BCUT2D eigenvalue weighted by atomic mass is 35.5. The van der Waals surface area contributed by atoms with Gasteiger partial charge in [-0.2, -0.15) is 0 Å². The lowest BCUT2D eigenvalue weighted by Crippen LogP contribution is -2.04. The molecule has 0 saturated heterocycles. The third-order valence-corrected chi connectivity index (χ3v) is 3.46. The van der Waals surface area contributed by atoms with Crippen LogP contribution >= 0.6 is 23.2 Å². The molecule has 0 spiro atoms. The lowest BCUT2D eigenvalue weighted by atomic mass is 10.1. The third-order valence-electron chi connectivity index (χ3n) is 2.90. The number of hydrogen-bond acceptors (Lipinski definition) is 4. The number of hydrogen-bond donors (Lipinski definition) is 2. The van der Waals surface area contributed by atoms with Crippen molar-refractivity contribution in [2.24, 2.45) is 0 Å². The molecule has 0 saturated carbocycles. The van der Waals surface area contributed by atoms with Crippen LogP contribution in [0.2, 0.25) is 10.0 Å². The minimum atomic E-state index is -0.444. The molecule has 21 heavy (non-hydrogen) atoms. The molecule has 0 bridgehead atoms. The molecule has 4 nitrogen and oxygen atoms in total. The van der Waals surface area contributed by atoms with E-state index < -0.39 is 5.97 Å². The average molecular weight is 326 g/mol. The smallest absolute Gasteiger partial charge is 0.337 e. The Labute approximate surface area is 132 Å². The van der Waals surface area contributed by atoms with Crippen LogP contribution in [0.5, 0.6) is 5.75 Å². The van der Waals surface area contributed by atoms with Crippen molar-refractivity contribution in [1.29, 1.82) is 0 Å². The lowest BCUT2D eigenvalue weighted by molar-refractivity contribution is 0.0601. The van der Waals surface area contributed by atoms with Gasteiger partial charge in [-0.1, -0.05) is 23.2 Å². The van der Waals surface area contributed by atoms with Gasteiger partial charge in [0, 0.05) is 17.1 Å². The Hall–Kier alpha value is -1.91. The van der Waals surface area contributed by atoms with E-state index in [1.165, 1.54) is 13.2 Å². The van der Waals surface area contributed by atoms with Crippen LogP contribution in [-0.4, -0.2) is 18.2 Å². The second-order valence-electron chi connectivity index (χ2n) is 4.31. The fourth-order valence-corrected chi connectivity index (χ4v) is 2.17. The maximum absolute atomic E-state index is 11.5. The van der Waals surface area contributed by atoms with Crippen molar-refractivity contribution < 1.29 is 14.6 Å². The molecule has 0 radical (unpaired) electrons. The predicted octanol–water partition coefficient (Wildman–Crippen LogP) is 4.10. The predicted molar refractivity (Wildman–Crippen MR) is 83.2 cm³/mol. The Balaban J connectivity index is 2.19. The van der Waals surface area contributed by atoms with E-state index >= 15 is 0 Å². The zero-order valence-electron chi connectivity index (χ0n) is 11.2. The highest BCUT2D eigenvalue weighted by Crippen LogP contribution is 2.26. The third kappa shape index (κ3) is 3.80. The number of methoxy groups -OCH3 is 1. The van der Waals surface area contributed by atoms with Crippen molar-refractivity contribution in [1.82, 2.24) is 0 Å². The van der Waals surface area contributed by atoms with E-state index in [0.717, 1.165) is 0 Å². The molecule has 0 aromatic heterocycles. The van der Waals surface area contributed by atoms with Crippen LogP contribution in [0.1, 0.15) is 15.9 Å². The summed E-state index contributed by atoms with van der Waals surface area (Å²) in [6.45, 7) is 0.316. The van der Waals surface area contributed by atoms with Gasteiger partial charge in [0.05, 0.1) is 23.4 Å². The van der Waals surface area contributed by atoms with Crippen LogP contribution in [0.3, 0.4) is 0 Å². The van der Waals surface area contributed by atoms with Gasteiger partial charge >= 0.3 is 5.97 Å². The van der Waals surface area contributed by atoms with Crippen molar-refractivity contribution in [2.75, 3.05) is 12.4 Å². The molecule has 0 unspecified atom stereocenters. The van der Waals surface area contributed by atoms with Crippen molar-refractivity contribution >= 4 is 34.9 Å². The van der Waals surface area contributed by atoms with Crippen LogP contribution < -0.4 is 5.32 Å². The minimum absolute atomic E-state index is 0.132. The molecular weight excluding hydrogens is 313 g/mol. The molecule has 0 aliphatic heterocycles. The molecule has 0 fully saturated rings. The summed E-state index contributed by atoms with van der Waals surface area (Å²) in [6, 6.07) is 9.55. The number of benzene rings is 2. The van der Waals surface area contributed by atoms with Gasteiger partial charge in [0.25, 0.3) is 0 Å². The Morgan fingerprint density at radius 3 is 2.71 bits per heavy atom. The molecule has 6 heteroatoms. The van der Waals surface area contributed by atoms with Gasteiger partial charge in [-0.05, 0) is 36.4 Å². The number of phenols is 1. The summed E-state index contributed by atoms with van der Waals surface area (Å²) < 4.78 is 4.66. The van der Waals surface area contributed by atoms with Gasteiger partial charge in [-0.25, -0.2) is 4.79 Å². The summed E-state index contributed by atoms with van der Waals surface area (Å²) in [7, 11) is 1.31. The van der Waals surface area contributed by atoms with E-state index in [9.17, 15) is 9.90 Å². The maximum atomic E-state index is 11.5. The first-order valence-electron chi connectivity index (χ1n) is 6.10. The first-order valence-corrected chi connectivity index (χ1v) is 6.86. The van der Waals surface area contributed by atoms with Crippen LogP contribution in [0, 0.1) is 0 Å². The van der Waals surface area contributed by atoms with Crippen LogP contribution in [0.15, 0.2) is 36.4 Å². The SMILES string of the molecule is COC(=O)c1ccc(Cl)c(NCc2cc(Cl)ccc2O)c1.